The fraction of sp³-hybridized carbons (Fsp3) is 0.0476. The van der Waals surface area contributed by atoms with E-state index in [1.807, 2.05) is 31.2 Å². The van der Waals surface area contributed by atoms with E-state index < -0.39 is 21.6 Å². The van der Waals surface area contributed by atoms with Crippen molar-refractivity contribution in [2.75, 3.05) is 0 Å². The highest BCUT2D eigenvalue weighted by Crippen LogP contribution is 2.17. The van der Waals surface area contributed by atoms with Gasteiger partial charge in [-0.25, -0.2) is 17.8 Å². The molecule has 28 heavy (non-hydrogen) atoms. The Bertz CT molecular complexity index is 1360. The van der Waals surface area contributed by atoms with Crippen molar-refractivity contribution in [1.29, 1.82) is 0 Å². The third-order valence-corrected chi connectivity index (χ3v) is 6.20. The minimum atomic E-state index is -4.08. The van der Waals surface area contributed by atoms with Crippen LogP contribution in [0.4, 0.5) is 0 Å². The molecule has 6 nitrogen and oxygen atoms in total. The van der Waals surface area contributed by atoms with Crippen LogP contribution in [0.5, 0.6) is 0 Å². The quantitative estimate of drug-likeness (QED) is 0.537. The highest BCUT2D eigenvalue weighted by atomic mass is 32.2. The summed E-state index contributed by atoms with van der Waals surface area (Å²) < 4.78 is 26.9. The molecule has 0 atom stereocenters. The van der Waals surface area contributed by atoms with Crippen LogP contribution < -0.4 is 5.69 Å². The highest BCUT2D eigenvalue weighted by molar-refractivity contribution is 7.90. The van der Waals surface area contributed by atoms with Crippen LogP contribution in [-0.4, -0.2) is 22.9 Å². The van der Waals surface area contributed by atoms with E-state index in [1.165, 1.54) is 18.3 Å². The van der Waals surface area contributed by atoms with Gasteiger partial charge >= 0.3 is 5.69 Å². The van der Waals surface area contributed by atoms with Gasteiger partial charge in [-0.1, -0.05) is 48.0 Å². The number of nitrogens with zero attached hydrogens (tertiary/aromatic N) is 2. The minimum Gasteiger partial charge on any atom is -0.268 e. The fourth-order valence-electron chi connectivity index (χ4n) is 2.98. The maximum Gasteiger partial charge on any atom is 0.349 e. The molecule has 0 amide bonds. The Morgan fingerprint density at radius 3 is 2.25 bits per heavy atom. The molecule has 0 aliphatic carbocycles. The van der Waals surface area contributed by atoms with Crippen molar-refractivity contribution in [3.63, 3.8) is 0 Å². The lowest BCUT2D eigenvalue weighted by molar-refractivity contribution is 0.0956. The summed E-state index contributed by atoms with van der Waals surface area (Å²) in [7, 11) is -4.08. The molecule has 0 fully saturated rings. The Balaban J connectivity index is 1.76. The van der Waals surface area contributed by atoms with E-state index in [1.54, 1.807) is 30.3 Å². The third kappa shape index (κ3) is 2.95. The maximum absolute atomic E-state index is 12.8. The predicted octanol–water partition coefficient (Wildman–Crippen LogP) is 3.04. The van der Waals surface area contributed by atoms with Crippen molar-refractivity contribution >= 4 is 26.7 Å². The second kappa shape index (κ2) is 6.61. The van der Waals surface area contributed by atoms with Crippen LogP contribution in [0.2, 0.25) is 0 Å². The zero-order valence-electron chi connectivity index (χ0n) is 14.9. The van der Waals surface area contributed by atoms with E-state index in [9.17, 15) is 18.0 Å². The molecule has 0 unspecified atom stereocenters. The molecule has 7 heteroatoms. The molecule has 140 valence electrons. The van der Waals surface area contributed by atoms with Crippen LogP contribution in [0.15, 0.2) is 88.8 Å². The van der Waals surface area contributed by atoms with Gasteiger partial charge in [0.2, 0.25) is 0 Å². The summed E-state index contributed by atoms with van der Waals surface area (Å²) in [4.78, 5) is 25.4. The first-order valence-electron chi connectivity index (χ1n) is 8.54. The number of hydrogen-bond acceptors (Lipinski definition) is 4. The summed E-state index contributed by atoms with van der Waals surface area (Å²) in [5.74, 6) is -0.589. The molecule has 0 aliphatic rings. The van der Waals surface area contributed by atoms with Gasteiger partial charge in [0, 0.05) is 18.0 Å². The van der Waals surface area contributed by atoms with Crippen LogP contribution in [0.3, 0.4) is 0 Å². The van der Waals surface area contributed by atoms with Crippen molar-refractivity contribution in [2.45, 2.75) is 11.8 Å². The number of aromatic nitrogens is 2. The number of carbonyl (C=O) groups excluding carboxylic acids is 1. The molecule has 1 aromatic heterocycles. The Hall–Kier alpha value is -3.45. The Labute approximate surface area is 161 Å². The standard InChI is InChI=1S/C21H16N2O4S/c1-15-6-10-19(11-7-15)28(26,27)23-13-12-22(21(23)25)20(24)18-9-8-16-4-2-3-5-17(16)14-18/h2-14H,1H3. The summed E-state index contributed by atoms with van der Waals surface area (Å²) in [5.41, 5.74) is 0.264. The van der Waals surface area contributed by atoms with Crippen molar-refractivity contribution in [3.05, 3.63) is 101 Å². The Morgan fingerprint density at radius 2 is 1.54 bits per heavy atom. The number of carbonyl (C=O) groups is 1. The van der Waals surface area contributed by atoms with E-state index in [4.69, 9.17) is 0 Å². The van der Waals surface area contributed by atoms with E-state index in [0.29, 0.717) is 9.54 Å². The van der Waals surface area contributed by atoms with Gasteiger partial charge in [0.1, 0.15) is 0 Å². The first-order chi connectivity index (χ1) is 13.4. The van der Waals surface area contributed by atoms with Gasteiger partial charge in [-0.3, -0.25) is 4.79 Å². The van der Waals surface area contributed by atoms with E-state index in [-0.39, 0.29) is 4.90 Å². The van der Waals surface area contributed by atoms with Crippen LogP contribution >= 0.6 is 0 Å². The number of aryl methyl sites for hydroxylation is 1. The summed E-state index contributed by atoms with van der Waals surface area (Å²) in [6.45, 7) is 1.83. The normalized spacial score (nSPS) is 11.6. The molecule has 0 N–H and O–H groups in total. The van der Waals surface area contributed by atoms with Crippen molar-refractivity contribution < 1.29 is 13.2 Å². The van der Waals surface area contributed by atoms with Crippen LogP contribution in [-0.2, 0) is 10.0 Å². The molecule has 1 heterocycles. The van der Waals surface area contributed by atoms with Gasteiger partial charge in [0.15, 0.2) is 0 Å². The molecule has 0 saturated heterocycles. The average molecular weight is 392 g/mol. The first-order valence-corrected chi connectivity index (χ1v) is 9.98. The zero-order chi connectivity index (χ0) is 19.9. The molecule has 0 saturated carbocycles. The second-order valence-electron chi connectivity index (χ2n) is 6.43. The second-order valence-corrected chi connectivity index (χ2v) is 8.25. The highest BCUT2D eigenvalue weighted by Gasteiger charge is 2.22. The smallest absolute Gasteiger partial charge is 0.268 e. The lowest BCUT2D eigenvalue weighted by Crippen LogP contribution is -2.32. The lowest BCUT2D eigenvalue weighted by Gasteiger charge is -2.05. The SMILES string of the molecule is Cc1ccc(S(=O)(=O)n2ccn(C(=O)c3ccc4ccccc4c3)c2=O)cc1. The van der Waals surface area contributed by atoms with Crippen molar-refractivity contribution in [1.82, 2.24) is 8.54 Å². The van der Waals surface area contributed by atoms with Gasteiger partial charge in [0.05, 0.1) is 4.90 Å². The van der Waals surface area contributed by atoms with Crippen molar-refractivity contribution in [3.8, 4) is 0 Å². The zero-order valence-corrected chi connectivity index (χ0v) is 15.8. The lowest BCUT2D eigenvalue weighted by atomic mass is 10.1. The molecular formula is C21H16N2O4S. The van der Waals surface area contributed by atoms with Crippen LogP contribution in [0, 0.1) is 6.92 Å². The average Bonchev–Trinajstić information content (AvgIpc) is 3.09. The monoisotopic (exact) mass is 392 g/mol. The van der Waals surface area contributed by atoms with Gasteiger partial charge in [-0.2, -0.15) is 3.97 Å². The number of rotatable bonds is 3. The van der Waals surface area contributed by atoms with Crippen LogP contribution in [0.25, 0.3) is 10.8 Å². The predicted molar refractivity (Wildman–Crippen MR) is 106 cm³/mol. The van der Waals surface area contributed by atoms with Gasteiger partial charge in [-0.05, 0) is 42.0 Å². The summed E-state index contributed by atoms with van der Waals surface area (Å²) >= 11 is 0. The molecule has 3 aromatic carbocycles. The van der Waals surface area contributed by atoms with Gasteiger partial charge in [0.25, 0.3) is 15.9 Å². The van der Waals surface area contributed by atoms with Crippen LogP contribution in [0.1, 0.15) is 15.9 Å². The maximum atomic E-state index is 12.8. The third-order valence-electron chi connectivity index (χ3n) is 4.54. The van der Waals surface area contributed by atoms with Gasteiger partial charge in [-0.15, -0.1) is 0 Å². The minimum absolute atomic E-state index is 0.0175. The fourth-order valence-corrected chi connectivity index (χ4v) is 4.20. The molecule has 0 bridgehead atoms. The summed E-state index contributed by atoms with van der Waals surface area (Å²) in [6.07, 6.45) is 2.27. The molecule has 4 aromatic rings. The molecular weight excluding hydrogens is 376 g/mol. The van der Waals surface area contributed by atoms with Gasteiger partial charge < -0.3 is 0 Å². The first kappa shape index (κ1) is 17.9. The summed E-state index contributed by atoms with van der Waals surface area (Å²) in [5, 5.41) is 1.82. The number of fused-ring (bicyclic) bond motifs is 1. The topological polar surface area (TPSA) is 78.1 Å². The number of benzene rings is 3. The van der Waals surface area contributed by atoms with Crippen molar-refractivity contribution in [2.24, 2.45) is 0 Å². The molecule has 0 spiro atoms. The summed E-state index contributed by atoms with van der Waals surface area (Å²) in [6, 6.07) is 18.8. The molecule has 0 radical (unpaired) electrons. The van der Waals surface area contributed by atoms with E-state index >= 15 is 0 Å². The van der Waals surface area contributed by atoms with E-state index in [0.717, 1.165) is 27.1 Å². The Kier molecular flexibility index (Phi) is 4.24. The number of hydrogen-bond donors (Lipinski definition) is 0. The molecule has 4 rings (SSSR count). The largest absolute Gasteiger partial charge is 0.349 e. The van der Waals surface area contributed by atoms with E-state index in [2.05, 4.69) is 0 Å². The Morgan fingerprint density at radius 1 is 0.857 bits per heavy atom. The molecule has 0 aliphatic heterocycles. The number of imidazole rings is 1.